The van der Waals surface area contributed by atoms with Crippen molar-refractivity contribution in [2.24, 2.45) is 11.7 Å². The molecule has 78 valence electrons. The molecule has 2 N–H and O–H groups in total. The SMILES string of the molecule is N#CC(Cc1c(F)cccc1F)C(N)=O. The van der Waals surface area contributed by atoms with Crippen molar-refractivity contribution in [2.75, 3.05) is 0 Å². The lowest BCUT2D eigenvalue weighted by Gasteiger charge is -2.06. The fourth-order valence-corrected chi connectivity index (χ4v) is 1.14. The third-order valence-corrected chi connectivity index (χ3v) is 1.97. The molecule has 1 amide bonds. The van der Waals surface area contributed by atoms with E-state index in [9.17, 15) is 13.6 Å². The molecule has 1 atom stereocenters. The summed E-state index contributed by atoms with van der Waals surface area (Å²) in [6, 6.07) is 4.93. The number of halogens is 2. The summed E-state index contributed by atoms with van der Waals surface area (Å²) >= 11 is 0. The number of hydrogen-bond donors (Lipinski definition) is 1. The Morgan fingerprint density at radius 1 is 1.47 bits per heavy atom. The zero-order chi connectivity index (χ0) is 11.4. The Labute approximate surface area is 85.1 Å². The molecule has 0 saturated carbocycles. The molecule has 1 rings (SSSR count). The molecule has 0 saturated heterocycles. The quantitative estimate of drug-likeness (QED) is 0.812. The smallest absolute Gasteiger partial charge is 0.235 e. The van der Waals surface area contributed by atoms with Gasteiger partial charge in [0.15, 0.2) is 0 Å². The Hall–Kier alpha value is -1.96. The van der Waals surface area contributed by atoms with E-state index in [1.807, 2.05) is 0 Å². The lowest BCUT2D eigenvalue weighted by Crippen LogP contribution is -2.24. The van der Waals surface area contributed by atoms with Gasteiger partial charge in [-0.25, -0.2) is 8.78 Å². The lowest BCUT2D eigenvalue weighted by molar-refractivity contribution is -0.120. The van der Waals surface area contributed by atoms with Crippen molar-refractivity contribution in [1.82, 2.24) is 0 Å². The maximum atomic E-state index is 13.1. The molecule has 0 aromatic heterocycles. The van der Waals surface area contributed by atoms with Gasteiger partial charge in [0.25, 0.3) is 0 Å². The second-order valence-electron chi connectivity index (χ2n) is 2.99. The molecule has 3 nitrogen and oxygen atoms in total. The van der Waals surface area contributed by atoms with Crippen LogP contribution in [0.3, 0.4) is 0 Å². The summed E-state index contributed by atoms with van der Waals surface area (Å²) in [7, 11) is 0. The van der Waals surface area contributed by atoms with E-state index < -0.39 is 23.5 Å². The Morgan fingerprint density at radius 2 is 2.00 bits per heavy atom. The largest absolute Gasteiger partial charge is 0.369 e. The van der Waals surface area contributed by atoms with Crippen LogP contribution in [0.4, 0.5) is 8.78 Å². The lowest BCUT2D eigenvalue weighted by atomic mass is 9.99. The number of carbonyl (C=O) groups is 1. The molecule has 0 spiro atoms. The van der Waals surface area contributed by atoms with Crippen LogP contribution in [-0.2, 0) is 11.2 Å². The van der Waals surface area contributed by atoms with Gasteiger partial charge >= 0.3 is 0 Å². The van der Waals surface area contributed by atoms with Crippen LogP contribution in [0.25, 0.3) is 0 Å². The molecule has 0 bridgehead atoms. The summed E-state index contributed by atoms with van der Waals surface area (Å²) in [5.41, 5.74) is 4.60. The predicted molar refractivity (Wildman–Crippen MR) is 48.4 cm³/mol. The first-order valence-electron chi connectivity index (χ1n) is 4.18. The molecule has 1 aromatic carbocycles. The number of amides is 1. The minimum atomic E-state index is -1.21. The van der Waals surface area contributed by atoms with Crippen LogP contribution in [0.1, 0.15) is 5.56 Å². The average Bonchev–Trinajstić information content (AvgIpc) is 2.17. The summed E-state index contributed by atoms with van der Waals surface area (Å²) in [5.74, 6) is -3.66. The van der Waals surface area contributed by atoms with E-state index in [0.717, 1.165) is 12.1 Å². The molecule has 0 fully saturated rings. The van der Waals surface area contributed by atoms with Crippen LogP contribution in [0, 0.1) is 28.9 Å². The van der Waals surface area contributed by atoms with Gasteiger partial charge in [0.2, 0.25) is 5.91 Å². The van der Waals surface area contributed by atoms with Crippen molar-refractivity contribution in [3.8, 4) is 6.07 Å². The zero-order valence-electron chi connectivity index (χ0n) is 7.71. The number of rotatable bonds is 3. The Bertz CT molecular complexity index is 406. The maximum absolute atomic E-state index is 13.1. The van der Waals surface area contributed by atoms with Gasteiger partial charge in [0, 0.05) is 12.0 Å². The first-order chi connectivity index (χ1) is 7.06. The standard InChI is InChI=1S/C10H8F2N2O/c11-8-2-1-3-9(12)7(8)4-6(5-13)10(14)15/h1-3,6H,4H2,(H2,14,15). The van der Waals surface area contributed by atoms with Crippen LogP contribution < -0.4 is 5.73 Å². The van der Waals surface area contributed by atoms with Gasteiger partial charge < -0.3 is 5.73 Å². The highest BCUT2D eigenvalue weighted by molar-refractivity contribution is 5.79. The number of nitrogens with two attached hydrogens (primary N) is 1. The highest BCUT2D eigenvalue weighted by Gasteiger charge is 2.19. The molecule has 0 aliphatic carbocycles. The van der Waals surface area contributed by atoms with E-state index >= 15 is 0 Å². The normalized spacial score (nSPS) is 11.8. The van der Waals surface area contributed by atoms with E-state index in [0.29, 0.717) is 0 Å². The number of nitriles is 1. The first-order valence-corrected chi connectivity index (χ1v) is 4.18. The monoisotopic (exact) mass is 210 g/mol. The molecule has 15 heavy (non-hydrogen) atoms. The molecule has 0 heterocycles. The van der Waals surface area contributed by atoms with Gasteiger partial charge in [-0.15, -0.1) is 0 Å². The second-order valence-corrected chi connectivity index (χ2v) is 2.99. The van der Waals surface area contributed by atoms with Gasteiger partial charge in [-0.1, -0.05) is 6.07 Å². The van der Waals surface area contributed by atoms with Gasteiger partial charge in [-0.2, -0.15) is 5.26 Å². The molecule has 1 unspecified atom stereocenters. The second kappa shape index (κ2) is 4.51. The third-order valence-electron chi connectivity index (χ3n) is 1.97. The zero-order valence-corrected chi connectivity index (χ0v) is 7.71. The molecule has 1 aromatic rings. The summed E-state index contributed by atoms with van der Waals surface area (Å²) < 4.78 is 26.2. The fraction of sp³-hybridized carbons (Fsp3) is 0.200. The molecular formula is C10H8F2N2O. The van der Waals surface area contributed by atoms with Crippen LogP contribution in [0.2, 0.25) is 0 Å². The van der Waals surface area contributed by atoms with Crippen molar-refractivity contribution in [2.45, 2.75) is 6.42 Å². The van der Waals surface area contributed by atoms with Crippen LogP contribution in [0.15, 0.2) is 18.2 Å². The fourth-order valence-electron chi connectivity index (χ4n) is 1.14. The number of benzene rings is 1. The van der Waals surface area contributed by atoms with Crippen molar-refractivity contribution < 1.29 is 13.6 Å². The summed E-state index contributed by atoms with van der Waals surface area (Å²) in [5, 5.41) is 8.54. The molecule has 0 radical (unpaired) electrons. The van der Waals surface area contributed by atoms with Crippen LogP contribution in [-0.4, -0.2) is 5.91 Å². The van der Waals surface area contributed by atoms with Crippen molar-refractivity contribution in [1.29, 1.82) is 5.26 Å². The number of carbonyl (C=O) groups excluding carboxylic acids is 1. The molecular weight excluding hydrogens is 202 g/mol. The molecule has 0 aliphatic heterocycles. The number of primary amides is 1. The van der Waals surface area contributed by atoms with Gasteiger partial charge in [-0.3, -0.25) is 4.79 Å². The number of nitrogens with zero attached hydrogens (tertiary/aromatic N) is 1. The van der Waals surface area contributed by atoms with E-state index in [2.05, 4.69) is 0 Å². The Balaban J connectivity index is 2.99. The van der Waals surface area contributed by atoms with Crippen LogP contribution in [0.5, 0.6) is 0 Å². The number of hydrogen-bond acceptors (Lipinski definition) is 2. The Kier molecular flexibility index (Phi) is 3.34. The first kappa shape index (κ1) is 11.1. The maximum Gasteiger partial charge on any atom is 0.235 e. The topological polar surface area (TPSA) is 66.9 Å². The van der Waals surface area contributed by atoms with Crippen LogP contribution >= 0.6 is 0 Å². The predicted octanol–water partition coefficient (Wildman–Crippen LogP) is 1.13. The van der Waals surface area contributed by atoms with E-state index in [1.165, 1.54) is 6.07 Å². The summed E-state index contributed by atoms with van der Waals surface area (Å²) in [6.45, 7) is 0. The minimum absolute atomic E-state index is 0.289. The Morgan fingerprint density at radius 3 is 2.40 bits per heavy atom. The highest BCUT2D eigenvalue weighted by atomic mass is 19.1. The summed E-state index contributed by atoms with van der Waals surface area (Å²) in [6.07, 6.45) is -0.343. The summed E-state index contributed by atoms with van der Waals surface area (Å²) in [4.78, 5) is 10.7. The van der Waals surface area contributed by atoms with Gasteiger partial charge in [0.1, 0.15) is 17.6 Å². The minimum Gasteiger partial charge on any atom is -0.369 e. The average molecular weight is 210 g/mol. The molecule has 5 heteroatoms. The van der Waals surface area contributed by atoms with Crippen molar-refractivity contribution in [3.05, 3.63) is 35.4 Å². The molecule has 0 aliphatic rings. The van der Waals surface area contributed by atoms with E-state index in [-0.39, 0.29) is 12.0 Å². The van der Waals surface area contributed by atoms with Crippen molar-refractivity contribution >= 4 is 5.91 Å². The van der Waals surface area contributed by atoms with Crippen molar-refractivity contribution in [3.63, 3.8) is 0 Å². The third kappa shape index (κ3) is 2.50. The highest BCUT2D eigenvalue weighted by Crippen LogP contribution is 2.16. The van der Waals surface area contributed by atoms with E-state index in [4.69, 9.17) is 11.0 Å². The van der Waals surface area contributed by atoms with E-state index in [1.54, 1.807) is 6.07 Å². The van der Waals surface area contributed by atoms with Gasteiger partial charge in [-0.05, 0) is 12.1 Å². The van der Waals surface area contributed by atoms with Gasteiger partial charge in [0.05, 0.1) is 6.07 Å².